The van der Waals surface area contributed by atoms with Crippen LogP contribution in [0.1, 0.15) is 5.56 Å². The maximum atomic E-state index is 10.6. The summed E-state index contributed by atoms with van der Waals surface area (Å²) in [5.74, 6) is -1.20. The van der Waals surface area contributed by atoms with Gasteiger partial charge in [-0.05, 0) is 24.1 Å². The van der Waals surface area contributed by atoms with Crippen LogP contribution in [0.4, 0.5) is 5.69 Å². The van der Waals surface area contributed by atoms with Gasteiger partial charge in [0.25, 0.3) is 0 Å². The lowest BCUT2D eigenvalue weighted by Gasteiger charge is -2.09. The minimum Gasteiger partial charge on any atom is -0.480 e. The fourth-order valence-electron chi connectivity index (χ4n) is 1.27. The third-order valence-corrected chi connectivity index (χ3v) is 1.98. The Balaban J connectivity index is 2.74. The van der Waals surface area contributed by atoms with E-state index < -0.39 is 12.0 Å². The van der Waals surface area contributed by atoms with Gasteiger partial charge in [-0.1, -0.05) is 12.1 Å². The Morgan fingerprint density at radius 2 is 2.25 bits per heavy atom. The number of aliphatic carboxylic acids is 1. The molecule has 0 aliphatic rings. The van der Waals surface area contributed by atoms with Crippen molar-refractivity contribution in [1.29, 1.82) is 5.41 Å². The first-order valence-corrected chi connectivity index (χ1v) is 4.67. The van der Waals surface area contributed by atoms with Crippen LogP contribution in [-0.4, -0.2) is 23.1 Å². The fourth-order valence-corrected chi connectivity index (χ4v) is 1.27. The molecule has 0 bridgehead atoms. The van der Waals surface area contributed by atoms with Crippen LogP contribution in [-0.2, 0) is 11.2 Å². The summed E-state index contributed by atoms with van der Waals surface area (Å²) in [4.78, 5) is 10.6. The van der Waals surface area contributed by atoms with E-state index >= 15 is 0 Å². The molecule has 0 saturated carbocycles. The van der Waals surface area contributed by atoms with Crippen LogP contribution < -0.4 is 16.8 Å². The van der Waals surface area contributed by atoms with Gasteiger partial charge in [0.15, 0.2) is 5.96 Å². The molecule has 0 fully saturated rings. The van der Waals surface area contributed by atoms with Crippen LogP contribution in [0.15, 0.2) is 24.3 Å². The second-order valence-electron chi connectivity index (χ2n) is 3.39. The van der Waals surface area contributed by atoms with Crippen molar-refractivity contribution in [3.8, 4) is 0 Å². The Hall–Kier alpha value is -2.08. The minimum absolute atomic E-state index is 0.167. The lowest BCUT2D eigenvalue weighted by Crippen LogP contribution is -2.32. The molecule has 7 N–H and O–H groups in total. The summed E-state index contributed by atoms with van der Waals surface area (Å²) in [6.45, 7) is 0. The molecule has 16 heavy (non-hydrogen) atoms. The van der Waals surface area contributed by atoms with Gasteiger partial charge in [-0.2, -0.15) is 0 Å². The Morgan fingerprint density at radius 3 is 2.81 bits per heavy atom. The topological polar surface area (TPSA) is 125 Å². The van der Waals surface area contributed by atoms with E-state index in [1.54, 1.807) is 24.3 Å². The van der Waals surface area contributed by atoms with Crippen molar-refractivity contribution >= 4 is 17.6 Å². The highest BCUT2D eigenvalue weighted by Crippen LogP contribution is 2.11. The quantitative estimate of drug-likeness (QED) is 0.360. The largest absolute Gasteiger partial charge is 0.480 e. The Labute approximate surface area is 92.8 Å². The van der Waals surface area contributed by atoms with Crippen molar-refractivity contribution in [1.82, 2.24) is 0 Å². The number of carboxylic acids is 1. The molecule has 0 saturated heterocycles. The van der Waals surface area contributed by atoms with Gasteiger partial charge in [-0.25, -0.2) is 0 Å². The number of nitrogens with one attached hydrogen (secondary N) is 2. The van der Waals surface area contributed by atoms with Crippen LogP contribution in [0.3, 0.4) is 0 Å². The number of hydrogen-bond acceptors (Lipinski definition) is 3. The number of carbonyl (C=O) groups is 1. The Morgan fingerprint density at radius 1 is 1.56 bits per heavy atom. The molecule has 1 rings (SSSR count). The van der Waals surface area contributed by atoms with Crippen molar-refractivity contribution in [2.24, 2.45) is 11.5 Å². The summed E-state index contributed by atoms with van der Waals surface area (Å²) in [5, 5.41) is 18.3. The molecule has 1 aromatic carbocycles. The standard InChI is InChI=1S/C10H14N4O2/c11-8(9(15)16)5-6-2-1-3-7(4-6)14-10(12)13/h1-4,8H,5,11H2,(H,15,16)(H4,12,13,14). The summed E-state index contributed by atoms with van der Waals surface area (Å²) < 4.78 is 0. The van der Waals surface area contributed by atoms with Gasteiger partial charge in [0, 0.05) is 5.69 Å². The molecule has 0 heterocycles. The molecule has 1 atom stereocenters. The van der Waals surface area contributed by atoms with Crippen molar-refractivity contribution in [2.75, 3.05) is 5.32 Å². The zero-order chi connectivity index (χ0) is 12.1. The van der Waals surface area contributed by atoms with Gasteiger partial charge in [0.1, 0.15) is 6.04 Å². The van der Waals surface area contributed by atoms with Crippen LogP contribution in [0.25, 0.3) is 0 Å². The lowest BCUT2D eigenvalue weighted by molar-refractivity contribution is -0.138. The summed E-state index contributed by atoms with van der Waals surface area (Å²) in [6.07, 6.45) is 0.239. The highest BCUT2D eigenvalue weighted by atomic mass is 16.4. The first-order chi connectivity index (χ1) is 7.49. The normalized spacial score (nSPS) is 11.8. The molecule has 0 spiro atoms. The monoisotopic (exact) mass is 222 g/mol. The van der Waals surface area contributed by atoms with Gasteiger partial charge < -0.3 is 21.9 Å². The van der Waals surface area contributed by atoms with Gasteiger partial charge >= 0.3 is 5.97 Å². The zero-order valence-electron chi connectivity index (χ0n) is 8.60. The van der Waals surface area contributed by atoms with E-state index in [0.717, 1.165) is 5.56 Å². The van der Waals surface area contributed by atoms with Crippen LogP contribution in [0.2, 0.25) is 0 Å². The number of nitrogens with two attached hydrogens (primary N) is 2. The van der Waals surface area contributed by atoms with Crippen molar-refractivity contribution in [3.05, 3.63) is 29.8 Å². The summed E-state index contributed by atoms with van der Waals surface area (Å²) in [6, 6.07) is 6.04. The third-order valence-electron chi connectivity index (χ3n) is 1.98. The molecule has 0 aromatic heterocycles. The highest BCUT2D eigenvalue weighted by Gasteiger charge is 2.11. The smallest absolute Gasteiger partial charge is 0.320 e. The molecular formula is C10H14N4O2. The van der Waals surface area contributed by atoms with Gasteiger partial charge in [0.2, 0.25) is 0 Å². The van der Waals surface area contributed by atoms with Crippen LogP contribution >= 0.6 is 0 Å². The Kier molecular flexibility index (Phi) is 3.84. The number of hydrogen-bond donors (Lipinski definition) is 5. The van der Waals surface area contributed by atoms with Crippen molar-refractivity contribution in [2.45, 2.75) is 12.5 Å². The van der Waals surface area contributed by atoms with E-state index in [4.69, 9.17) is 22.0 Å². The number of benzene rings is 1. The average molecular weight is 222 g/mol. The van der Waals surface area contributed by atoms with E-state index in [0.29, 0.717) is 5.69 Å². The molecule has 6 nitrogen and oxygen atoms in total. The molecule has 0 amide bonds. The van der Waals surface area contributed by atoms with E-state index in [2.05, 4.69) is 5.32 Å². The third kappa shape index (κ3) is 3.58. The molecule has 6 heteroatoms. The van der Waals surface area contributed by atoms with E-state index in [9.17, 15) is 4.79 Å². The molecule has 1 aromatic rings. The Bertz CT molecular complexity index is 406. The fraction of sp³-hybridized carbons (Fsp3) is 0.200. The second-order valence-corrected chi connectivity index (χ2v) is 3.39. The summed E-state index contributed by atoms with van der Waals surface area (Å²) >= 11 is 0. The van der Waals surface area contributed by atoms with Crippen molar-refractivity contribution < 1.29 is 9.90 Å². The molecule has 1 unspecified atom stereocenters. The number of anilines is 1. The minimum atomic E-state index is -1.04. The number of guanidine groups is 1. The maximum absolute atomic E-state index is 10.6. The van der Waals surface area contributed by atoms with Gasteiger partial charge in [-0.3, -0.25) is 10.2 Å². The molecular weight excluding hydrogens is 208 g/mol. The predicted molar refractivity (Wildman–Crippen MR) is 61.3 cm³/mol. The van der Waals surface area contributed by atoms with Crippen molar-refractivity contribution in [3.63, 3.8) is 0 Å². The zero-order valence-corrected chi connectivity index (χ0v) is 8.60. The first kappa shape index (κ1) is 12.0. The van der Waals surface area contributed by atoms with E-state index in [1.165, 1.54) is 0 Å². The molecule has 0 radical (unpaired) electrons. The van der Waals surface area contributed by atoms with E-state index in [-0.39, 0.29) is 12.4 Å². The van der Waals surface area contributed by atoms with Gasteiger partial charge in [-0.15, -0.1) is 0 Å². The lowest BCUT2D eigenvalue weighted by atomic mass is 10.1. The molecule has 86 valence electrons. The SMILES string of the molecule is N=C(N)Nc1cccc(CC(N)C(=O)O)c1. The summed E-state index contributed by atoms with van der Waals surface area (Å²) in [5.41, 5.74) is 12.0. The van der Waals surface area contributed by atoms with Crippen LogP contribution in [0.5, 0.6) is 0 Å². The molecule has 0 aliphatic carbocycles. The summed E-state index contributed by atoms with van der Waals surface area (Å²) in [7, 11) is 0. The highest BCUT2D eigenvalue weighted by molar-refractivity contribution is 5.89. The predicted octanol–water partition coefficient (Wildman–Crippen LogP) is -0.0536. The van der Waals surface area contributed by atoms with Crippen LogP contribution in [0, 0.1) is 5.41 Å². The maximum Gasteiger partial charge on any atom is 0.320 e. The number of rotatable bonds is 4. The second kappa shape index (κ2) is 5.13. The first-order valence-electron chi connectivity index (χ1n) is 4.67. The average Bonchev–Trinajstić information content (AvgIpc) is 2.16. The molecule has 0 aliphatic heterocycles. The number of carboxylic acid groups (broad SMARTS) is 1. The van der Waals surface area contributed by atoms with Gasteiger partial charge in [0.05, 0.1) is 0 Å². The van der Waals surface area contributed by atoms with E-state index in [1.807, 2.05) is 0 Å².